The SMILES string of the molecule is CC(C)(C)c1ccccc1C(=O)N1CCC(CCN)CC1. The molecule has 0 unspecified atom stereocenters. The minimum Gasteiger partial charge on any atom is -0.339 e. The Kier molecular flexibility index (Phi) is 5.04. The maximum Gasteiger partial charge on any atom is 0.254 e. The average Bonchev–Trinajstić information content (AvgIpc) is 2.47. The molecule has 1 saturated heterocycles. The van der Waals surface area contributed by atoms with Crippen LogP contribution in [0.3, 0.4) is 0 Å². The summed E-state index contributed by atoms with van der Waals surface area (Å²) >= 11 is 0. The van der Waals surface area contributed by atoms with E-state index in [4.69, 9.17) is 5.73 Å². The molecule has 0 aromatic heterocycles. The Morgan fingerprint density at radius 2 is 1.86 bits per heavy atom. The number of hydrogen-bond acceptors (Lipinski definition) is 2. The minimum absolute atomic E-state index is 0.00980. The van der Waals surface area contributed by atoms with E-state index in [1.54, 1.807) is 0 Å². The molecule has 0 radical (unpaired) electrons. The van der Waals surface area contributed by atoms with Crippen molar-refractivity contribution in [1.82, 2.24) is 4.90 Å². The van der Waals surface area contributed by atoms with Crippen molar-refractivity contribution in [2.75, 3.05) is 19.6 Å². The first-order valence-electron chi connectivity index (χ1n) is 8.02. The largest absolute Gasteiger partial charge is 0.339 e. The van der Waals surface area contributed by atoms with Crippen molar-refractivity contribution in [3.05, 3.63) is 35.4 Å². The van der Waals surface area contributed by atoms with Crippen LogP contribution in [0.5, 0.6) is 0 Å². The summed E-state index contributed by atoms with van der Waals surface area (Å²) in [6.45, 7) is 8.96. The Hall–Kier alpha value is -1.35. The van der Waals surface area contributed by atoms with Crippen LogP contribution < -0.4 is 5.73 Å². The molecule has 0 atom stereocenters. The fourth-order valence-electron chi connectivity index (χ4n) is 3.15. The molecule has 1 amide bonds. The van der Waals surface area contributed by atoms with Crippen molar-refractivity contribution in [2.24, 2.45) is 11.7 Å². The molecule has 1 aliphatic rings. The van der Waals surface area contributed by atoms with Crippen molar-refractivity contribution in [3.63, 3.8) is 0 Å². The summed E-state index contributed by atoms with van der Waals surface area (Å²) in [6.07, 6.45) is 3.25. The summed E-state index contributed by atoms with van der Waals surface area (Å²) in [5, 5.41) is 0. The van der Waals surface area contributed by atoms with E-state index in [1.807, 2.05) is 23.1 Å². The van der Waals surface area contributed by atoms with Crippen molar-refractivity contribution < 1.29 is 4.79 Å². The van der Waals surface area contributed by atoms with Gasteiger partial charge in [0.25, 0.3) is 5.91 Å². The summed E-state index contributed by atoms with van der Waals surface area (Å²) in [6, 6.07) is 8.03. The van der Waals surface area contributed by atoms with Crippen molar-refractivity contribution >= 4 is 5.91 Å². The standard InChI is InChI=1S/C18H28N2O/c1-18(2,3)16-7-5-4-6-15(16)17(21)20-12-9-14(8-11-19)10-13-20/h4-7,14H,8-13,19H2,1-3H3. The molecule has 3 heteroatoms. The number of piperidine rings is 1. The molecule has 3 nitrogen and oxygen atoms in total. The molecular weight excluding hydrogens is 260 g/mol. The molecule has 1 aromatic carbocycles. The van der Waals surface area contributed by atoms with Gasteiger partial charge in [0.2, 0.25) is 0 Å². The zero-order chi connectivity index (χ0) is 15.5. The van der Waals surface area contributed by atoms with Gasteiger partial charge in [-0.1, -0.05) is 39.0 Å². The number of benzene rings is 1. The number of carbonyl (C=O) groups is 1. The van der Waals surface area contributed by atoms with Crippen LogP contribution in [0.1, 0.15) is 56.0 Å². The first-order chi connectivity index (χ1) is 9.93. The van der Waals surface area contributed by atoms with Gasteiger partial charge in [0, 0.05) is 18.7 Å². The van der Waals surface area contributed by atoms with E-state index in [2.05, 4.69) is 26.8 Å². The molecular formula is C18H28N2O. The molecule has 0 spiro atoms. The average molecular weight is 288 g/mol. The van der Waals surface area contributed by atoms with Gasteiger partial charge < -0.3 is 10.6 Å². The number of carbonyl (C=O) groups excluding carboxylic acids is 1. The highest BCUT2D eigenvalue weighted by Crippen LogP contribution is 2.28. The normalized spacial score (nSPS) is 17.0. The Morgan fingerprint density at radius 3 is 2.43 bits per heavy atom. The number of likely N-dealkylation sites (tertiary alicyclic amines) is 1. The van der Waals surface area contributed by atoms with Gasteiger partial charge in [0.15, 0.2) is 0 Å². The highest BCUT2D eigenvalue weighted by molar-refractivity contribution is 5.96. The maximum absolute atomic E-state index is 12.8. The van der Waals surface area contributed by atoms with Crippen LogP contribution in [0.4, 0.5) is 0 Å². The van der Waals surface area contributed by atoms with Crippen LogP contribution in [-0.4, -0.2) is 30.4 Å². The third-order valence-electron chi connectivity index (χ3n) is 4.44. The fraction of sp³-hybridized carbons (Fsp3) is 0.611. The first kappa shape index (κ1) is 16.0. The van der Waals surface area contributed by atoms with Crippen LogP contribution >= 0.6 is 0 Å². The topological polar surface area (TPSA) is 46.3 Å². The Labute approximate surface area is 128 Å². The van der Waals surface area contributed by atoms with Crippen LogP contribution in [0.25, 0.3) is 0 Å². The fourth-order valence-corrected chi connectivity index (χ4v) is 3.15. The van der Waals surface area contributed by atoms with Crippen LogP contribution in [0.2, 0.25) is 0 Å². The monoisotopic (exact) mass is 288 g/mol. The van der Waals surface area contributed by atoms with E-state index < -0.39 is 0 Å². The van der Waals surface area contributed by atoms with Gasteiger partial charge in [-0.15, -0.1) is 0 Å². The Bertz CT molecular complexity index is 482. The minimum atomic E-state index is -0.00980. The second-order valence-corrected chi connectivity index (χ2v) is 7.11. The molecule has 116 valence electrons. The lowest BCUT2D eigenvalue weighted by atomic mass is 9.83. The highest BCUT2D eigenvalue weighted by atomic mass is 16.2. The van der Waals surface area contributed by atoms with E-state index in [1.165, 1.54) is 0 Å². The van der Waals surface area contributed by atoms with Gasteiger partial charge in [0.1, 0.15) is 0 Å². The highest BCUT2D eigenvalue weighted by Gasteiger charge is 2.27. The molecule has 1 fully saturated rings. The Morgan fingerprint density at radius 1 is 1.24 bits per heavy atom. The van der Waals surface area contributed by atoms with Crippen molar-refractivity contribution in [2.45, 2.75) is 45.4 Å². The van der Waals surface area contributed by atoms with Gasteiger partial charge in [-0.25, -0.2) is 0 Å². The third-order valence-corrected chi connectivity index (χ3v) is 4.44. The van der Waals surface area contributed by atoms with E-state index in [-0.39, 0.29) is 11.3 Å². The second kappa shape index (κ2) is 6.61. The lowest BCUT2D eigenvalue weighted by Gasteiger charge is -2.33. The quantitative estimate of drug-likeness (QED) is 0.928. The molecule has 2 N–H and O–H groups in total. The smallest absolute Gasteiger partial charge is 0.254 e. The molecule has 1 aliphatic heterocycles. The van der Waals surface area contributed by atoms with Gasteiger partial charge in [-0.2, -0.15) is 0 Å². The van der Waals surface area contributed by atoms with Gasteiger partial charge >= 0.3 is 0 Å². The van der Waals surface area contributed by atoms with E-state index in [0.717, 1.165) is 50.0 Å². The number of rotatable bonds is 3. The third kappa shape index (κ3) is 3.85. The molecule has 1 aromatic rings. The molecule has 21 heavy (non-hydrogen) atoms. The van der Waals surface area contributed by atoms with Crippen LogP contribution in [0, 0.1) is 5.92 Å². The van der Waals surface area contributed by atoms with E-state index >= 15 is 0 Å². The first-order valence-corrected chi connectivity index (χ1v) is 8.02. The van der Waals surface area contributed by atoms with Crippen molar-refractivity contribution in [3.8, 4) is 0 Å². The van der Waals surface area contributed by atoms with Crippen LogP contribution in [-0.2, 0) is 5.41 Å². The molecule has 0 saturated carbocycles. The number of nitrogens with two attached hydrogens (primary N) is 1. The van der Waals surface area contributed by atoms with Crippen molar-refractivity contribution in [1.29, 1.82) is 0 Å². The zero-order valence-electron chi connectivity index (χ0n) is 13.6. The molecule has 0 aliphatic carbocycles. The second-order valence-electron chi connectivity index (χ2n) is 7.11. The number of amides is 1. The summed E-state index contributed by atoms with van der Waals surface area (Å²) in [7, 11) is 0. The number of nitrogens with zero attached hydrogens (tertiary/aromatic N) is 1. The predicted octanol–water partition coefficient (Wildman–Crippen LogP) is 3.19. The van der Waals surface area contributed by atoms with E-state index in [0.29, 0.717) is 5.92 Å². The summed E-state index contributed by atoms with van der Waals surface area (Å²) < 4.78 is 0. The summed E-state index contributed by atoms with van der Waals surface area (Å²) in [5.74, 6) is 0.878. The molecule has 1 heterocycles. The summed E-state index contributed by atoms with van der Waals surface area (Å²) in [5.41, 5.74) is 7.62. The lowest BCUT2D eigenvalue weighted by Crippen LogP contribution is -2.39. The van der Waals surface area contributed by atoms with Gasteiger partial charge in [-0.05, 0) is 48.8 Å². The van der Waals surface area contributed by atoms with Crippen LogP contribution in [0.15, 0.2) is 24.3 Å². The zero-order valence-corrected chi connectivity index (χ0v) is 13.6. The van der Waals surface area contributed by atoms with Gasteiger partial charge in [-0.3, -0.25) is 4.79 Å². The lowest BCUT2D eigenvalue weighted by molar-refractivity contribution is 0.0685. The predicted molar refractivity (Wildman–Crippen MR) is 87.4 cm³/mol. The maximum atomic E-state index is 12.8. The van der Waals surface area contributed by atoms with E-state index in [9.17, 15) is 4.79 Å². The Balaban J connectivity index is 2.12. The summed E-state index contributed by atoms with van der Waals surface area (Å²) in [4.78, 5) is 14.8. The van der Waals surface area contributed by atoms with Gasteiger partial charge in [0.05, 0.1) is 0 Å². The number of hydrogen-bond donors (Lipinski definition) is 1. The molecule has 2 rings (SSSR count). The molecule has 0 bridgehead atoms.